The highest BCUT2D eigenvalue weighted by Crippen LogP contribution is 2.26. The fraction of sp³-hybridized carbons (Fsp3) is 0.300. The molecule has 2 rings (SSSR count). The van der Waals surface area contributed by atoms with Gasteiger partial charge in [0.25, 0.3) is 5.91 Å². The number of hydrogen-bond donors (Lipinski definition) is 1. The second-order valence-electron chi connectivity index (χ2n) is 6.06. The summed E-state index contributed by atoms with van der Waals surface area (Å²) in [6.45, 7) is 5.48. The van der Waals surface area contributed by atoms with Crippen molar-refractivity contribution >= 4 is 17.6 Å². The molecule has 0 bridgehead atoms. The summed E-state index contributed by atoms with van der Waals surface area (Å²) in [6, 6.07) is 9.90. The minimum Gasteiger partial charge on any atom is -0.449 e. The first-order valence-corrected chi connectivity index (χ1v) is 8.39. The lowest BCUT2D eigenvalue weighted by Gasteiger charge is -2.18. The van der Waals surface area contributed by atoms with Crippen LogP contribution in [0.1, 0.15) is 49.0 Å². The van der Waals surface area contributed by atoms with Crippen molar-refractivity contribution < 1.29 is 23.1 Å². The second kappa shape index (κ2) is 8.56. The largest absolute Gasteiger partial charge is 0.449 e. The van der Waals surface area contributed by atoms with Crippen LogP contribution in [0.2, 0.25) is 0 Å². The van der Waals surface area contributed by atoms with E-state index in [2.05, 4.69) is 5.32 Å². The maximum absolute atomic E-state index is 13.6. The molecule has 0 aromatic heterocycles. The molecule has 2 atom stereocenters. The standard InChI is InChI=1S/C20H21F2NO3/c1-4-12(2)15-7-5-6-8-18(15)23-19(24)13(3)26-20(25)16-10-9-14(21)11-17(16)22/h5-13H,4H2,1-3H3,(H,23,24)/t12-,13+/m1/s1. The molecule has 0 radical (unpaired) electrons. The first-order chi connectivity index (χ1) is 12.3. The Morgan fingerprint density at radius 2 is 1.81 bits per heavy atom. The van der Waals surface area contributed by atoms with Crippen LogP contribution in [0, 0.1) is 11.6 Å². The van der Waals surface area contributed by atoms with Crippen LogP contribution in [0.25, 0.3) is 0 Å². The number of ether oxygens (including phenoxy) is 1. The smallest absolute Gasteiger partial charge is 0.341 e. The Bertz CT molecular complexity index is 807. The number of nitrogens with one attached hydrogen (secondary N) is 1. The van der Waals surface area contributed by atoms with Gasteiger partial charge >= 0.3 is 5.97 Å². The van der Waals surface area contributed by atoms with Gasteiger partial charge in [0, 0.05) is 11.8 Å². The van der Waals surface area contributed by atoms with Gasteiger partial charge in [0.1, 0.15) is 11.6 Å². The zero-order valence-electron chi connectivity index (χ0n) is 14.9. The summed E-state index contributed by atoms with van der Waals surface area (Å²) < 4.78 is 31.6. The fourth-order valence-corrected chi connectivity index (χ4v) is 2.43. The van der Waals surface area contributed by atoms with Gasteiger partial charge < -0.3 is 10.1 Å². The normalized spacial score (nSPS) is 13.0. The Kier molecular flexibility index (Phi) is 6.44. The number of hydrogen-bond acceptors (Lipinski definition) is 3. The monoisotopic (exact) mass is 361 g/mol. The van der Waals surface area contributed by atoms with Crippen LogP contribution in [0.5, 0.6) is 0 Å². The molecule has 2 aromatic rings. The van der Waals surface area contributed by atoms with E-state index in [1.807, 2.05) is 26.0 Å². The van der Waals surface area contributed by atoms with E-state index in [1.54, 1.807) is 12.1 Å². The van der Waals surface area contributed by atoms with Crippen LogP contribution < -0.4 is 5.32 Å². The van der Waals surface area contributed by atoms with Crippen molar-refractivity contribution in [2.75, 3.05) is 5.32 Å². The van der Waals surface area contributed by atoms with E-state index in [0.29, 0.717) is 11.8 Å². The zero-order valence-corrected chi connectivity index (χ0v) is 14.9. The Morgan fingerprint density at radius 3 is 2.46 bits per heavy atom. The number of carbonyl (C=O) groups is 2. The van der Waals surface area contributed by atoms with E-state index in [9.17, 15) is 18.4 Å². The molecule has 4 nitrogen and oxygen atoms in total. The van der Waals surface area contributed by atoms with Gasteiger partial charge in [0.05, 0.1) is 5.56 Å². The van der Waals surface area contributed by atoms with E-state index < -0.39 is 35.2 Å². The number of para-hydroxylation sites is 1. The van der Waals surface area contributed by atoms with E-state index in [1.165, 1.54) is 6.92 Å². The predicted octanol–water partition coefficient (Wildman–Crippen LogP) is 4.66. The van der Waals surface area contributed by atoms with Crippen LogP contribution >= 0.6 is 0 Å². The number of amides is 1. The highest BCUT2D eigenvalue weighted by Gasteiger charge is 2.22. The van der Waals surface area contributed by atoms with Gasteiger partial charge in [0.15, 0.2) is 6.10 Å². The van der Waals surface area contributed by atoms with E-state index in [-0.39, 0.29) is 5.92 Å². The SMILES string of the molecule is CC[C@@H](C)c1ccccc1NC(=O)[C@H](C)OC(=O)c1ccc(F)cc1F. The molecule has 0 aliphatic heterocycles. The van der Waals surface area contributed by atoms with Crippen LogP contribution in [0.4, 0.5) is 14.5 Å². The Hall–Kier alpha value is -2.76. The molecule has 1 N–H and O–H groups in total. The third-order valence-electron chi connectivity index (χ3n) is 4.17. The van der Waals surface area contributed by atoms with E-state index in [4.69, 9.17) is 4.74 Å². The summed E-state index contributed by atoms with van der Waals surface area (Å²) in [7, 11) is 0. The van der Waals surface area contributed by atoms with Crippen molar-refractivity contribution in [1.29, 1.82) is 0 Å². The third kappa shape index (κ3) is 4.65. The zero-order chi connectivity index (χ0) is 19.3. The quantitative estimate of drug-likeness (QED) is 0.761. The molecule has 26 heavy (non-hydrogen) atoms. The summed E-state index contributed by atoms with van der Waals surface area (Å²) in [5.41, 5.74) is 1.19. The van der Waals surface area contributed by atoms with Gasteiger partial charge in [-0.1, -0.05) is 32.0 Å². The van der Waals surface area contributed by atoms with Crippen molar-refractivity contribution in [3.63, 3.8) is 0 Å². The third-order valence-corrected chi connectivity index (χ3v) is 4.17. The first kappa shape index (κ1) is 19.6. The minimum absolute atomic E-state index is 0.248. The molecule has 0 heterocycles. The van der Waals surface area contributed by atoms with Crippen molar-refractivity contribution in [1.82, 2.24) is 0 Å². The molecular formula is C20H21F2NO3. The summed E-state index contributed by atoms with van der Waals surface area (Å²) >= 11 is 0. The minimum atomic E-state index is -1.14. The maximum atomic E-state index is 13.6. The van der Waals surface area contributed by atoms with Gasteiger partial charge in [-0.05, 0) is 43.0 Å². The number of esters is 1. The fourth-order valence-electron chi connectivity index (χ4n) is 2.43. The molecule has 6 heteroatoms. The highest BCUT2D eigenvalue weighted by atomic mass is 19.1. The van der Waals surface area contributed by atoms with Crippen LogP contribution in [0.3, 0.4) is 0 Å². The maximum Gasteiger partial charge on any atom is 0.341 e. The topological polar surface area (TPSA) is 55.4 Å². The van der Waals surface area contributed by atoms with Gasteiger partial charge in [-0.2, -0.15) is 0 Å². The lowest BCUT2D eigenvalue weighted by Crippen LogP contribution is -2.30. The van der Waals surface area contributed by atoms with Gasteiger partial charge in [-0.15, -0.1) is 0 Å². The lowest BCUT2D eigenvalue weighted by atomic mass is 9.97. The predicted molar refractivity (Wildman–Crippen MR) is 95.0 cm³/mol. The number of carbonyl (C=O) groups excluding carboxylic acids is 2. The van der Waals surface area contributed by atoms with Crippen LogP contribution in [0.15, 0.2) is 42.5 Å². The van der Waals surface area contributed by atoms with Crippen LogP contribution in [-0.4, -0.2) is 18.0 Å². The van der Waals surface area contributed by atoms with Gasteiger partial charge in [0.2, 0.25) is 0 Å². The molecule has 0 spiro atoms. The number of benzene rings is 2. The second-order valence-corrected chi connectivity index (χ2v) is 6.06. The average Bonchev–Trinajstić information content (AvgIpc) is 2.61. The molecule has 0 aliphatic rings. The lowest BCUT2D eigenvalue weighted by molar-refractivity contribution is -0.123. The van der Waals surface area contributed by atoms with E-state index >= 15 is 0 Å². The van der Waals surface area contributed by atoms with Gasteiger partial charge in [-0.25, -0.2) is 13.6 Å². The Morgan fingerprint density at radius 1 is 1.12 bits per heavy atom. The van der Waals surface area contributed by atoms with Crippen molar-refractivity contribution in [3.8, 4) is 0 Å². The molecule has 138 valence electrons. The molecule has 1 amide bonds. The van der Waals surface area contributed by atoms with Gasteiger partial charge in [-0.3, -0.25) is 4.79 Å². The summed E-state index contributed by atoms with van der Waals surface area (Å²) in [5, 5.41) is 2.74. The van der Waals surface area contributed by atoms with Crippen LogP contribution in [-0.2, 0) is 9.53 Å². The molecule has 2 aromatic carbocycles. The summed E-state index contributed by atoms with van der Waals surface area (Å²) in [4.78, 5) is 24.3. The number of halogens is 2. The van der Waals surface area contributed by atoms with Crippen molar-refractivity contribution in [3.05, 3.63) is 65.2 Å². The molecule has 0 fully saturated rings. The highest BCUT2D eigenvalue weighted by molar-refractivity contribution is 5.97. The molecular weight excluding hydrogens is 340 g/mol. The van der Waals surface area contributed by atoms with Crippen molar-refractivity contribution in [2.45, 2.75) is 39.2 Å². The molecule has 0 saturated carbocycles. The Labute approximate surface area is 151 Å². The molecule has 0 saturated heterocycles. The summed E-state index contributed by atoms with van der Waals surface area (Å²) in [6.07, 6.45) is -0.238. The molecule has 0 unspecified atom stereocenters. The van der Waals surface area contributed by atoms with E-state index in [0.717, 1.165) is 24.1 Å². The van der Waals surface area contributed by atoms with Crippen molar-refractivity contribution in [2.24, 2.45) is 0 Å². The first-order valence-electron chi connectivity index (χ1n) is 8.39. The number of rotatable bonds is 6. The Balaban J connectivity index is 2.07. The number of anilines is 1. The average molecular weight is 361 g/mol. The molecule has 0 aliphatic carbocycles. The summed E-state index contributed by atoms with van der Waals surface area (Å²) in [5.74, 6) is -3.15.